The van der Waals surface area contributed by atoms with E-state index in [4.69, 9.17) is 4.42 Å². The number of amides is 1. The molecule has 0 N–H and O–H groups in total. The first-order valence-corrected chi connectivity index (χ1v) is 5.56. The second kappa shape index (κ2) is 4.25. The van der Waals surface area contributed by atoms with E-state index in [0.717, 1.165) is 12.3 Å². The number of hydrogen-bond donors (Lipinski definition) is 0. The van der Waals surface area contributed by atoms with Gasteiger partial charge in [0.05, 0.1) is 25.5 Å². The molecule has 1 saturated heterocycles. The molecule has 1 aliphatic heterocycles. The summed E-state index contributed by atoms with van der Waals surface area (Å²) in [6, 6.07) is 0.0502. The highest BCUT2D eigenvalue weighted by molar-refractivity contribution is 5.80. The average Bonchev–Trinajstić information content (AvgIpc) is 2.83. The molecule has 5 heteroatoms. The summed E-state index contributed by atoms with van der Waals surface area (Å²) < 4.78 is 5.48. The van der Waals surface area contributed by atoms with Crippen LogP contribution in [0.4, 0.5) is 0 Å². The summed E-state index contributed by atoms with van der Waals surface area (Å²) in [5, 5.41) is 0. The Morgan fingerprint density at radius 2 is 2.38 bits per heavy atom. The van der Waals surface area contributed by atoms with Crippen LogP contribution in [0.2, 0.25) is 0 Å². The minimum absolute atomic E-state index is 0.0502. The van der Waals surface area contributed by atoms with E-state index in [2.05, 4.69) is 9.88 Å². The Kier molecular flexibility index (Phi) is 2.96. The molecule has 1 aromatic heterocycles. The molecule has 1 aromatic rings. The zero-order chi connectivity index (χ0) is 11.7. The number of carbonyl (C=O) groups is 1. The Morgan fingerprint density at radius 3 is 2.88 bits per heavy atom. The standard InChI is InChI=1S/C11H17N3O2/c1-4-13-7-14(6-10(13)15)9(3)11-12-5-8(2)16-11/h5,9H,4,6-7H2,1-3H3. The Hall–Kier alpha value is -1.36. The van der Waals surface area contributed by atoms with Crippen LogP contribution < -0.4 is 0 Å². The van der Waals surface area contributed by atoms with E-state index in [1.165, 1.54) is 0 Å². The fraction of sp³-hybridized carbons (Fsp3) is 0.636. The van der Waals surface area contributed by atoms with Crippen LogP contribution >= 0.6 is 0 Å². The van der Waals surface area contributed by atoms with E-state index in [1.54, 1.807) is 6.20 Å². The number of rotatable bonds is 3. The summed E-state index contributed by atoms with van der Waals surface area (Å²) in [5.74, 6) is 1.67. The molecule has 0 saturated carbocycles. The summed E-state index contributed by atoms with van der Waals surface area (Å²) >= 11 is 0. The molecule has 2 rings (SSSR count). The topological polar surface area (TPSA) is 49.6 Å². The van der Waals surface area contributed by atoms with Gasteiger partial charge in [0.2, 0.25) is 11.8 Å². The van der Waals surface area contributed by atoms with Crippen molar-refractivity contribution in [3.05, 3.63) is 17.8 Å². The first-order chi connectivity index (χ1) is 7.61. The molecule has 1 unspecified atom stereocenters. The maximum absolute atomic E-state index is 11.6. The summed E-state index contributed by atoms with van der Waals surface area (Å²) in [5.41, 5.74) is 0. The van der Waals surface area contributed by atoms with E-state index >= 15 is 0 Å². The smallest absolute Gasteiger partial charge is 0.237 e. The fourth-order valence-corrected chi connectivity index (χ4v) is 1.88. The molecular weight excluding hydrogens is 206 g/mol. The lowest BCUT2D eigenvalue weighted by atomic mass is 10.3. The van der Waals surface area contributed by atoms with E-state index < -0.39 is 0 Å². The monoisotopic (exact) mass is 223 g/mol. The normalized spacial score (nSPS) is 19.4. The molecule has 1 amide bonds. The number of aryl methyl sites for hydroxylation is 1. The van der Waals surface area contributed by atoms with E-state index in [0.29, 0.717) is 19.1 Å². The Balaban J connectivity index is 2.07. The highest BCUT2D eigenvalue weighted by atomic mass is 16.4. The second-order valence-corrected chi connectivity index (χ2v) is 4.12. The van der Waals surface area contributed by atoms with Crippen LogP contribution in [0.1, 0.15) is 31.5 Å². The quantitative estimate of drug-likeness (QED) is 0.771. The van der Waals surface area contributed by atoms with Crippen molar-refractivity contribution in [1.29, 1.82) is 0 Å². The Labute approximate surface area is 95.0 Å². The van der Waals surface area contributed by atoms with Crippen molar-refractivity contribution < 1.29 is 9.21 Å². The van der Waals surface area contributed by atoms with Gasteiger partial charge in [-0.15, -0.1) is 0 Å². The van der Waals surface area contributed by atoms with Crippen LogP contribution in [-0.2, 0) is 4.79 Å². The number of hydrogen-bond acceptors (Lipinski definition) is 4. The van der Waals surface area contributed by atoms with Crippen LogP contribution in [0, 0.1) is 6.92 Å². The van der Waals surface area contributed by atoms with Gasteiger partial charge in [-0.3, -0.25) is 9.69 Å². The predicted octanol–water partition coefficient (Wildman–Crippen LogP) is 1.17. The number of aromatic nitrogens is 1. The number of likely N-dealkylation sites (N-methyl/N-ethyl adjacent to an activating group) is 1. The van der Waals surface area contributed by atoms with Gasteiger partial charge in [0.1, 0.15) is 5.76 Å². The molecule has 0 aromatic carbocycles. The molecule has 0 aliphatic carbocycles. The van der Waals surface area contributed by atoms with Gasteiger partial charge in [0.15, 0.2) is 0 Å². The minimum atomic E-state index is 0.0502. The Bertz CT molecular complexity index is 388. The summed E-state index contributed by atoms with van der Waals surface area (Å²) in [7, 11) is 0. The molecule has 5 nitrogen and oxygen atoms in total. The lowest BCUT2D eigenvalue weighted by Crippen LogP contribution is -2.28. The van der Waals surface area contributed by atoms with Gasteiger partial charge in [-0.05, 0) is 20.8 Å². The maximum atomic E-state index is 11.6. The van der Waals surface area contributed by atoms with Crippen molar-refractivity contribution >= 4 is 5.91 Å². The fourth-order valence-electron chi connectivity index (χ4n) is 1.88. The van der Waals surface area contributed by atoms with Crippen LogP contribution in [0.15, 0.2) is 10.6 Å². The van der Waals surface area contributed by atoms with Crippen molar-refractivity contribution in [2.45, 2.75) is 26.8 Å². The van der Waals surface area contributed by atoms with Crippen molar-refractivity contribution in [3.8, 4) is 0 Å². The lowest BCUT2D eigenvalue weighted by Gasteiger charge is -2.20. The lowest BCUT2D eigenvalue weighted by molar-refractivity contribution is -0.126. The second-order valence-electron chi connectivity index (χ2n) is 4.12. The number of nitrogens with zero attached hydrogens (tertiary/aromatic N) is 3. The minimum Gasteiger partial charge on any atom is -0.444 e. The Morgan fingerprint density at radius 1 is 1.62 bits per heavy atom. The van der Waals surface area contributed by atoms with Gasteiger partial charge in [-0.2, -0.15) is 0 Å². The van der Waals surface area contributed by atoms with Crippen LogP contribution in [0.5, 0.6) is 0 Å². The van der Waals surface area contributed by atoms with E-state index in [1.807, 2.05) is 25.7 Å². The summed E-state index contributed by atoms with van der Waals surface area (Å²) in [4.78, 5) is 19.7. The average molecular weight is 223 g/mol. The molecule has 16 heavy (non-hydrogen) atoms. The molecule has 88 valence electrons. The third-order valence-corrected chi connectivity index (χ3v) is 2.97. The van der Waals surface area contributed by atoms with Crippen LogP contribution in [-0.4, -0.2) is 40.4 Å². The van der Waals surface area contributed by atoms with Crippen molar-refractivity contribution in [3.63, 3.8) is 0 Å². The summed E-state index contributed by atoms with van der Waals surface area (Å²) in [6.45, 7) is 7.75. The third kappa shape index (κ3) is 1.95. The van der Waals surface area contributed by atoms with Gasteiger partial charge in [0, 0.05) is 6.54 Å². The van der Waals surface area contributed by atoms with Gasteiger partial charge in [-0.1, -0.05) is 0 Å². The molecule has 1 fully saturated rings. The molecule has 1 aliphatic rings. The van der Waals surface area contributed by atoms with Crippen molar-refractivity contribution in [2.75, 3.05) is 19.8 Å². The molecule has 0 bridgehead atoms. The largest absolute Gasteiger partial charge is 0.444 e. The van der Waals surface area contributed by atoms with Gasteiger partial charge < -0.3 is 9.32 Å². The van der Waals surface area contributed by atoms with E-state index in [-0.39, 0.29) is 11.9 Å². The number of oxazole rings is 1. The molecule has 1 atom stereocenters. The summed E-state index contributed by atoms with van der Waals surface area (Å²) in [6.07, 6.45) is 1.71. The number of carbonyl (C=O) groups excluding carboxylic acids is 1. The van der Waals surface area contributed by atoms with Gasteiger partial charge in [-0.25, -0.2) is 4.98 Å². The van der Waals surface area contributed by atoms with Gasteiger partial charge in [0.25, 0.3) is 0 Å². The highest BCUT2D eigenvalue weighted by Crippen LogP contribution is 2.22. The third-order valence-electron chi connectivity index (χ3n) is 2.97. The SMILES string of the molecule is CCN1CN(C(C)c2ncc(C)o2)CC1=O. The van der Waals surface area contributed by atoms with E-state index in [9.17, 15) is 4.79 Å². The predicted molar refractivity (Wildman–Crippen MR) is 58.6 cm³/mol. The zero-order valence-corrected chi connectivity index (χ0v) is 9.93. The first-order valence-electron chi connectivity index (χ1n) is 5.56. The maximum Gasteiger partial charge on any atom is 0.237 e. The molecule has 0 spiro atoms. The van der Waals surface area contributed by atoms with Crippen molar-refractivity contribution in [1.82, 2.24) is 14.8 Å². The zero-order valence-electron chi connectivity index (χ0n) is 9.93. The molecular formula is C11H17N3O2. The van der Waals surface area contributed by atoms with Crippen LogP contribution in [0.25, 0.3) is 0 Å². The van der Waals surface area contributed by atoms with Crippen LogP contribution in [0.3, 0.4) is 0 Å². The highest BCUT2D eigenvalue weighted by Gasteiger charge is 2.31. The molecule has 0 radical (unpaired) electrons. The first kappa shape index (κ1) is 11.1. The molecule has 2 heterocycles. The van der Waals surface area contributed by atoms with Crippen molar-refractivity contribution in [2.24, 2.45) is 0 Å². The van der Waals surface area contributed by atoms with Gasteiger partial charge >= 0.3 is 0 Å².